The van der Waals surface area contributed by atoms with E-state index >= 15 is 0 Å². The van der Waals surface area contributed by atoms with Gasteiger partial charge in [-0.2, -0.15) is 0 Å². The average molecular weight is 654 g/mol. The summed E-state index contributed by atoms with van der Waals surface area (Å²) in [6.07, 6.45) is 0. The minimum absolute atomic E-state index is 0.713. The third-order valence-corrected chi connectivity index (χ3v) is 11.4. The fourth-order valence-electron chi connectivity index (χ4n) is 8.01. The number of rotatable bonds is 3. The third-order valence-electron chi connectivity index (χ3n) is 10.2. The summed E-state index contributed by atoms with van der Waals surface area (Å²) in [6.45, 7) is 0. The van der Waals surface area contributed by atoms with Gasteiger partial charge in [0.15, 0.2) is 5.82 Å². The van der Waals surface area contributed by atoms with E-state index in [1.54, 1.807) is 0 Å². The van der Waals surface area contributed by atoms with Crippen LogP contribution in [-0.2, 0) is 0 Å². The highest BCUT2D eigenvalue weighted by Gasteiger charge is 2.22. The van der Waals surface area contributed by atoms with Crippen LogP contribution in [0, 0.1) is 0 Å². The standard InChI is InChI=1S/C46H27N3S/c1-2-17-31-28(13-1)14-12-23-32(31)43-35-20-5-8-24-38(35)47-46(48-43)29-15-11-16-30(27-29)49-39-25-9-6-21-36(39)41-42-37-22-7-10-26-40(37)50-45(42)34-19-4-3-18-33(34)44(41)49/h1-27H. The van der Waals surface area contributed by atoms with Crippen LogP contribution in [0.3, 0.4) is 0 Å². The Labute approximate surface area is 291 Å². The Hall–Kier alpha value is -6.36. The van der Waals surface area contributed by atoms with E-state index in [0.717, 1.165) is 33.4 Å². The normalized spacial score (nSPS) is 12.0. The Morgan fingerprint density at radius 1 is 0.480 bits per heavy atom. The second kappa shape index (κ2) is 10.6. The first-order valence-corrected chi connectivity index (χ1v) is 17.7. The molecule has 0 atom stereocenters. The number of nitrogens with zero attached hydrogens (tertiary/aromatic N) is 3. The van der Waals surface area contributed by atoms with E-state index in [9.17, 15) is 0 Å². The Balaban J connectivity index is 1.21. The first-order valence-electron chi connectivity index (χ1n) is 16.9. The van der Waals surface area contributed by atoms with Crippen molar-refractivity contribution in [2.45, 2.75) is 0 Å². The fourth-order valence-corrected chi connectivity index (χ4v) is 9.26. The van der Waals surface area contributed by atoms with Crippen molar-refractivity contribution in [2.75, 3.05) is 0 Å². The first kappa shape index (κ1) is 27.6. The van der Waals surface area contributed by atoms with Crippen molar-refractivity contribution in [3.8, 4) is 28.3 Å². The largest absolute Gasteiger partial charge is 0.309 e. The number of hydrogen-bond donors (Lipinski definition) is 0. The SMILES string of the molecule is c1cc(-c2nc(-c3cccc4ccccc34)c3ccccc3n2)cc(-n2c3ccccc3c3c4c5ccccc5sc4c4ccccc4c32)c1. The van der Waals surface area contributed by atoms with Gasteiger partial charge in [-0.3, -0.25) is 0 Å². The van der Waals surface area contributed by atoms with Crippen LogP contribution in [0.4, 0.5) is 0 Å². The highest BCUT2D eigenvalue weighted by atomic mass is 32.1. The number of aromatic nitrogens is 3. The lowest BCUT2D eigenvalue weighted by atomic mass is 9.99. The molecule has 8 aromatic carbocycles. The Bertz CT molecular complexity index is 3160. The van der Waals surface area contributed by atoms with Gasteiger partial charge in [0.2, 0.25) is 0 Å². The molecule has 11 rings (SSSR count). The number of para-hydroxylation sites is 2. The van der Waals surface area contributed by atoms with E-state index in [0.29, 0.717) is 5.82 Å². The van der Waals surface area contributed by atoms with Crippen LogP contribution in [0.2, 0.25) is 0 Å². The lowest BCUT2D eigenvalue weighted by Crippen LogP contribution is -1.98. The molecule has 0 N–H and O–H groups in total. The minimum atomic E-state index is 0.713. The van der Waals surface area contributed by atoms with E-state index in [4.69, 9.17) is 9.97 Å². The maximum Gasteiger partial charge on any atom is 0.160 e. The summed E-state index contributed by atoms with van der Waals surface area (Å²) in [5.41, 5.74) is 7.46. The molecule has 11 aromatic rings. The molecule has 0 saturated heterocycles. The van der Waals surface area contributed by atoms with Crippen LogP contribution in [0.5, 0.6) is 0 Å². The predicted molar refractivity (Wildman–Crippen MR) is 213 cm³/mol. The van der Waals surface area contributed by atoms with Crippen molar-refractivity contribution in [1.82, 2.24) is 14.5 Å². The van der Waals surface area contributed by atoms with Gasteiger partial charge in [-0.25, -0.2) is 9.97 Å². The van der Waals surface area contributed by atoms with Crippen molar-refractivity contribution in [1.29, 1.82) is 0 Å². The van der Waals surface area contributed by atoms with Gasteiger partial charge < -0.3 is 4.57 Å². The summed E-state index contributed by atoms with van der Waals surface area (Å²) < 4.78 is 5.11. The van der Waals surface area contributed by atoms with E-state index in [1.807, 2.05) is 11.3 Å². The number of hydrogen-bond acceptors (Lipinski definition) is 3. The van der Waals surface area contributed by atoms with Crippen LogP contribution < -0.4 is 0 Å². The van der Waals surface area contributed by atoms with Crippen molar-refractivity contribution >= 4 is 85.8 Å². The maximum atomic E-state index is 5.34. The number of fused-ring (bicyclic) bond motifs is 12. The topological polar surface area (TPSA) is 30.7 Å². The minimum Gasteiger partial charge on any atom is -0.309 e. The van der Waals surface area contributed by atoms with Gasteiger partial charge >= 0.3 is 0 Å². The third kappa shape index (κ3) is 3.91. The molecule has 232 valence electrons. The first-order chi connectivity index (χ1) is 24.8. The van der Waals surface area contributed by atoms with Gasteiger partial charge in [0, 0.05) is 63.9 Å². The molecular weight excluding hydrogens is 627 g/mol. The second-order valence-electron chi connectivity index (χ2n) is 12.9. The summed E-state index contributed by atoms with van der Waals surface area (Å²) in [6, 6.07) is 58.6. The summed E-state index contributed by atoms with van der Waals surface area (Å²) in [5.74, 6) is 0.713. The monoisotopic (exact) mass is 653 g/mol. The molecule has 4 heteroatoms. The smallest absolute Gasteiger partial charge is 0.160 e. The van der Waals surface area contributed by atoms with Gasteiger partial charge in [0.25, 0.3) is 0 Å². The van der Waals surface area contributed by atoms with Crippen LogP contribution >= 0.6 is 11.3 Å². The lowest BCUT2D eigenvalue weighted by molar-refractivity contribution is 1.17. The van der Waals surface area contributed by atoms with Crippen molar-refractivity contribution in [2.24, 2.45) is 0 Å². The molecule has 0 radical (unpaired) electrons. The van der Waals surface area contributed by atoms with E-state index in [1.165, 1.54) is 63.5 Å². The molecule has 0 amide bonds. The summed E-state index contributed by atoms with van der Waals surface area (Å²) in [5, 5.41) is 11.2. The van der Waals surface area contributed by atoms with Crippen LogP contribution in [0.25, 0.3) is 103 Å². The Morgan fingerprint density at radius 3 is 2.06 bits per heavy atom. The Kier molecular flexibility index (Phi) is 5.83. The van der Waals surface area contributed by atoms with Crippen molar-refractivity contribution in [3.63, 3.8) is 0 Å². The van der Waals surface area contributed by atoms with Crippen LogP contribution in [0.15, 0.2) is 164 Å². The zero-order valence-corrected chi connectivity index (χ0v) is 27.7. The van der Waals surface area contributed by atoms with E-state index in [-0.39, 0.29) is 0 Å². The Morgan fingerprint density at radius 2 is 1.16 bits per heavy atom. The van der Waals surface area contributed by atoms with Crippen molar-refractivity contribution in [3.05, 3.63) is 164 Å². The molecule has 0 bridgehead atoms. The molecule has 50 heavy (non-hydrogen) atoms. The van der Waals surface area contributed by atoms with Gasteiger partial charge in [-0.15, -0.1) is 11.3 Å². The van der Waals surface area contributed by atoms with Gasteiger partial charge in [-0.1, -0.05) is 133 Å². The van der Waals surface area contributed by atoms with Gasteiger partial charge in [-0.05, 0) is 41.1 Å². The summed E-state index contributed by atoms with van der Waals surface area (Å²) in [4.78, 5) is 10.5. The van der Waals surface area contributed by atoms with Gasteiger partial charge in [0.1, 0.15) is 0 Å². The molecule has 0 aliphatic carbocycles. The van der Waals surface area contributed by atoms with Crippen LogP contribution in [0.1, 0.15) is 0 Å². The molecule has 0 aliphatic rings. The second-order valence-corrected chi connectivity index (χ2v) is 14.0. The molecule has 0 aliphatic heterocycles. The predicted octanol–water partition coefficient (Wildman–Crippen LogP) is 12.7. The van der Waals surface area contributed by atoms with E-state index in [2.05, 4.69) is 168 Å². The average Bonchev–Trinajstić information content (AvgIpc) is 3.74. The summed E-state index contributed by atoms with van der Waals surface area (Å²) in [7, 11) is 0. The maximum absolute atomic E-state index is 5.34. The highest BCUT2D eigenvalue weighted by molar-refractivity contribution is 7.27. The molecule has 3 nitrogen and oxygen atoms in total. The zero-order valence-electron chi connectivity index (χ0n) is 26.8. The van der Waals surface area contributed by atoms with Crippen LogP contribution in [-0.4, -0.2) is 14.5 Å². The molecule has 0 fully saturated rings. The molecule has 3 aromatic heterocycles. The summed E-state index contributed by atoms with van der Waals surface area (Å²) >= 11 is 1.89. The van der Waals surface area contributed by atoms with Gasteiger partial charge in [0.05, 0.1) is 22.2 Å². The molecule has 0 unspecified atom stereocenters. The quantitative estimate of drug-likeness (QED) is 0.190. The van der Waals surface area contributed by atoms with E-state index < -0.39 is 0 Å². The zero-order chi connectivity index (χ0) is 32.8. The number of benzene rings is 8. The molecular formula is C46H27N3S. The molecule has 3 heterocycles. The fraction of sp³-hybridized carbons (Fsp3) is 0. The molecule has 0 spiro atoms. The lowest BCUT2D eigenvalue weighted by Gasteiger charge is -2.14. The molecule has 0 saturated carbocycles. The van der Waals surface area contributed by atoms with Crippen molar-refractivity contribution < 1.29 is 0 Å². The number of thiophene rings is 1. The highest BCUT2D eigenvalue weighted by Crippen LogP contribution is 2.48.